The highest BCUT2D eigenvalue weighted by molar-refractivity contribution is 5.87. The number of esters is 1. The van der Waals surface area contributed by atoms with Gasteiger partial charge in [0.2, 0.25) is 6.29 Å². The van der Waals surface area contributed by atoms with Gasteiger partial charge in [0.25, 0.3) is 0 Å². The molecule has 9 heteroatoms. The van der Waals surface area contributed by atoms with Crippen LogP contribution in [-0.4, -0.2) is 74.1 Å². The Morgan fingerprint density at radius 3 is 2.25 bits per heavy atom. The molecule has 1 fully saturated rings. The zero-order valence-corrected chi connectivity index (χ0v) is 15.4. The average Bonchev–Trinajstić information content (AvgIpc) is 2.66. The highest BCUT2D eigenvalue weighted by Gasteiger charge is 2.49. The number of carbonyl (C=O) groups is 2. The van der Waals surface area contributed by atoms with Crippen LogP contribution in [0, 0.1) is 5.92 Å². The number of rotatable bonds is 6. The summed E-state index contributed by atoms with van der Waals surface area (Å²) in [5, 5.41) is 49.3. The summed E-state index contributed by atoms with van der Waals surface area (Å²) >= 11 is 0. The van der Waals surface area contributed by atoms with Crippen molar-refractivity contribution in [1.82, 2.24) is 0 Å². The quantitative estimate of drug-likeness (QED) is 0.311. The molecule has 1 aliphatic heterocycles. The van der Waals surface area contributed by atoms with Crippen molar-refractivity contribution in [3.8, 4) is 5.75 Å². The molecule has 0 radical (unpaired) electrons. The minimum absolute atomic E-state index is 0.0616. The molecule has 1 aromatic carbocycles. The molecule has 1 unspecified atom stereocenters. The lowest BCUT2D eigenvalue weighted by molar-refractivity contribution is -0.298. The summed E-state index contributed by atoms with van der Waals surface area (Å²) in [6.45, 7) is 3.08. The number of Topliss-reactive ketones (excluding diaryl/α,β-unsaturated/α-hetero) is 1. The van der Waals surface area contributed by atoms with Crippen LogP contribution < -0.4 is 0 Å². The fraction of sp³-hybridized carbons (Fsp3) is 0.474. The van der Waals surface area contributed by atoms with Crippen molar-refractivity contribution in [3.63, 3.8) is 0 Å². The number of carbonyl (C=O) groups excluding carboxylic acids is 2. The maximum absolute atomic E-state index is 12.0. The first kappa shape index (κ1) is 22.0. The normalized spacial score (nSPS) is 29.0. The lowest BCUT2D eigenvalue weighted by atomic mass is 9.90. The summed E-state index contributed by atoms with van der Waals surface area (Å²) in [7, 11) is 0. The third kappa shape index (κ3) is 5.15. The summed E-state index contributed by atoms with van der Waals surface area (Å²) in [4.78, 5) is 23.9. The number of aliphatic hydroxyl groups is 4. The topological polar surface area (TPSA) is 154 Å². The molecular formula is C19H24O9. The van der Waals surface area contributed by atoms with Crippen LogP contribution in [0.2, 0.25) is 0 Å². The van der Waals surface area contributed by atoms with E-state index in [0.717, 1.165) is 6.08 Å². The van der Waals surface area contributed by atoms with Crippen molar-refractivity contribution in [1.29, 1.82) is 0 Å². The minimum atomic E-state index is -1.80. The van der Waals surface area contributed by atoms with Gasteiger partial charge in [-0.05, 0) is 23.8 Å². The zero-order chi connectivity index (χ0) is 21.0. The molecule has 9 nitrogen and oxygen atoms in total. The van der Waals surface area contributed by atoms with Crippen LogP contribution in [0.1, 0.15) is 19.4 Å². The van der Waals surface area contributed by atoms with Crippen molar-refractivity contribution in [2.24, 2.45) is 5.92 Å². The Labute approximate surface area is 161 Å². The van der Waals surface area contributed by atoms with E-state index in [1.54, 1.807) is 12.1 Å². The summed E-state index contributed by atoms with van der Waals surface area (Å²) in [6, 6.07) is 5.95. The fourth-order valence-electron chi connectivity index (χ4n) is 2.64. The fourth-order valence-corrected chi connectivity index (χ4v) is 2.64. The van der Waals surface area contributed by atoms with Gasteiger partial charge in [-0.3, -0.25) is 4.79 Å². The largest absolute Gasteiger partial charge is 0.508 e. The minimum Gasteiger partial charge on any atom is -0.508 e. The van der Waals surface area contributed by atoms with Crippen molar-refractivity contribution in [2.75, 3.05) is 0 Å². The predicted molar refractivity (Wildman–Crippen MR) is 95.8 cm³/mol. The molecule has 5 N–H and O–H groups in total. The van der Waals surface area contributed by atoms with Crippen molar-refractivity contribution >= 4 is 17.8 Å². The molecule has 0 saturated carbocycles. The first-order chi connectivity index (χ1) is 13.1. The first-order valence-electron chi connectivity index (χ1n) is 8.71. The molecule has 1 heterocycles. The van der Waals surface area contributed by atoms with Gasteiger partial charge in [-0.2, -0.15) is 0 Å². The van der Waals surface area contributed by atoms with Gasteiger partial charge < -0.3 is 35.0 Å². The number of benzene rings is 1. The first-order valence-corrected chi connectivity index (χ1v) is 8.71. The van der Waals surface area contributed by atoms with Crippen LogP contribution >= 0.6 is 0 Å². The standard InChI is InChI=1S/C19H24O9/c1-9(2)13(22)15(24)18-16(25)14(23)17(26)19(28-18)27-12(21)8-5-10-3-6-11(20)7-4-10/h3-9,14-20,23-26H,1-2H3/b8-5-/t14-,15?,16-,17+,18+,19+/m0/s1. The van der Waals surface area contributed by atoms with E-state index in [1.165, 1.54) is 32.1 Å². The smallest absolute Gasteiger partial charge is 0.333 e. The van der Waals surface area contributed by atoms with Crippen LogP contribution in [0.15, 0.2) is 30.3 Å². The number of phenolic OH excluding ortho intramolecular Hbond substituents is 1. The van der Waals surface area contributed by atoms with Gasteiger partial charge in [0.05, 0.1) is 0 Å². The van der Waals surface area contributed by atoms with Crippen LogP contribution in [0.4, 0.5) is 0 Å². The Morgan fingerprint density at radius 2 is 1.68 bits per heavy atom. The van der Waals surface area contributed by atoms with E-state index in [0.29, 0.717) is 5.56 Å². The molecule has 2 rings (SSSR count). The number of aliphatic hydroxyl groups excluding tert-OH is 4. The van der Waals surface area contributed by atoms with Gasteiger partial charge in [0.15, 0.2) is 5.78 Å². The summed E-state index contributed by atoms with van der Waals surface area (Å²) in [6.07, 6.45) is -7.96. The molecule has 28 heavy (non-hydrogen) atoms. The van der Waals surface area contributed by atoms with Gasteiger partial charge in [-0.25, -0.2) is 4.79 Å². The van der Waals surface area contributed by atoms with E-state index in [1.807, 2.05) is 0 Å². The molecule has 154 valence electrons. The van der Waals surface area contributed by atoms with Crippen molar-refractivity contribution in [3.05, 3.63) is 35.9 Å². The molecule has 1 aromatic rings. The Morgan fingerprint density at radius 1 is 1.07 bits per heavy atom. The highest BCUT2D eigenvalue weighted by atomic mass is 16.7. The maximum Gasteiger partial charge on any atom is 0.333 e. The molecule has 1 saturated heterocycles. The van der Waals surface area contributed by atoms with E-state index in [-0.39, 0.29) is 5.75 Å². The average molecular weight is 396 g/mol. The van der Waals surface area contributed by atoms with Crippen LogP contribution in [-0.2, 0) is 19.1 Å². The number of hydrogen-bond donors (Lipinski definition) is 5. The van der Waals surface area contributed by atoms with Gasteiger partial charge >= 0.3 is 5.97 Å². The summed E-state index contributed by atoms with van der Waals surface area (Å²) < 4.78 is 10.2. The molecular weight excluding hydrogens is 372 g/mol. The molecule has 0 aliphatic carbocycles. The number of aromatic hydroxyl groups is 1. The summed E-state index contributed by atoms with van der Waals surface area (Å²) in [5.41, 5.74) is 0.589. The molecule has 0 bridgehead atoms. The second-order valence-corrected chi connectivity index (χ2v) is 6.80. The Hall–Kier alpha value is -2.30. The Kier molecular flexibility index (Phi) is 7.28. The lowest BCUT2D eigenvalue weighted by Gasteiger charge is -2.41. The van der Waals surface area contributed by atoms with E-state index in [9.17, 15) is 35.1 Å². The molecule has 1 aliphatic rings. The molecule has 0 amide bonds. The molecule has 0 aromatic heterocycles. The van der Waals surface area contributed by atoms with Crippen LogP contribution in [0.5, 0.6) is 5.75 Å². The number of phenols is 1. The van der Waals surface area contributed by atoms with E-state index < -0.39 is 54.5 Å². The zero-order valence-electron chi connectivity index (χ0n) is 15.4. The van der Waals surface area contributed by atoms with Gasteiger partial charge in [0.1, 0.15) is 36.3 Å². The van der Waals surface area contributed by atoms with Crippen molar-refractivity contribution in [2.45, 2.75) is 50.7 Å². The van der Waals surface area contributed by atoms with Crippen molar-refractivity contribution < 1.29 is 44.6 Å². The Balaban J connectivity index is 2.07. The molecule has 0 spiro atoms. The monoisotopic (exact) mass is 396 g/mol. The van der Waals surface area contributed by atoms with E-state index in [2.05, 4.69) is 0 Å². The number of ketones is 1. The van der Waals surface area contributed by atoms with Gasteiger partial charge in [-0.1, -0.05) is 26.0 Å². The van der Waals surface area contributed by atoms with Crippen LogP contribution in [0.3, 0.4) is 0 Å². The van der Waals surface area contributed by atoms with Gasteiger partial charge in [-0.15, -0.1) is 0 Å². The lowest BCUT2D eigenvalue weighted by Crippen LogP contribution is -2.62. The highest BCUT2D eigenvalue weighted by Crippen LogP contribution is 2.25. The molecule has 6 atom stereocenters. The Bertz CT molecular complexity index is 713. The van der Waals surface area contributed by atoms with Crippen LogP contribution in [0.25, 0.3) is 6.08 Å². The SMILES string of the molecule is CC(C)C(=O)C(O)[C@H]1O[C@@H](OC(=O)/C=C\c2ccc(O)cc2)[C@H](O)[C@@H](O)[C@@H]1O. The third-order valence-corrected chi connectivity index (χ3v) is 4.32. The predicted octanol–water partition coefficient (Wildman–Crippen LogP) is -0.658. The van der Waals surface area contributed by atoms with E-state index in [4.69, 9.17) is 9.47 Å². The second-order valence-electron chi connectivity index (χ2n) is 6.80. The summed E-state index contributed by atoms with van der Waals surface area (Å²) in [5.74, 6) is -2.07. The number of hydrogen-bond acceptors (Lipinski definition) is 9. The number of ether oxygens (including phenoxy) is 2. The third-order valence-electron chi connectivity index (χ3n) is 4.32. The maximum atomic E-state index is 12.0. The van der Waals surface area contributed by atoms with E-state index >= 15 is 0 Å². The van der Waals surface area contributed by atoms with Gasteiger partial charge in [0, 0.05) is 12.0 Å². The second kappa shape index (κ2) is 9.26.